The lowest BCUT2D eigenvalue weighted by Gasteiger charge is -1.93. The van der Waals surface area contributed by atoms with Gasteiger partial charge < -0.3 is 4.42 Å². The van der Waals surface area contributed by atoms with Crippen LogP contribution in [0.3, 0.4) is 0 Å². The van der Waals surface area contributed by atoms with Crippen molar-refractivity contribution in [2.75, 3.05) is 0 Å². The van der Waals surface area contributed by atoms with E-state index in [4.69, 9.17) is 16.0 Å². The van der Waals surface area contributed by atoms with Crippen LogP contribution in [0.4, 0.5) is 4.39 Å². The lowest BCUT2D eigenvalue weighted by molar-refractivity contribution is 0.616. The van der Waals surface area contributed by atoms with Crippen LogP contribution in [0.15, 0.2) is 46.9 Å². The van der Waals surface area contributed by atoms with Crippen molar-refractivity contribution in [1.29, 1.82) is 0 Å². The summed E-state index contributed by atoms with van der Waals surface area (Å²) in [5.41, 5.74) is 2.09. The molecule has 0 amide bonds. The van der Waals surface area contributed by atoms with E-state index in [0.717, 1.165) is 5.56 Å². The van der Waals surface area contributed by atoms with Gasteiger partial charge in [-0.3, -0.25) is 0 Å². The number of rotatable bonds is 1. The van der Waals surface area contributed by atoms with Crippen LogP contribution in [0.2, 0.25) is 5.02 Å². The first-order valence-electron chi connectivity index (χ1n) is 5.04. The number of benzene rings is 2. The number of oxazole rings is 1. The number of aromatic nitrogens is 1. The maximum atomic E-state index is 12.8. The van der Waals surface area contributed by atoms with Crippen LogP contribution in [-0.2, 0) is 0 Å². The molecule has 2 nitrogen and oxygen atoms in total. The van der Waals surface area contributed by atoms with E-state index in [9.17, 15) is 4.39 Å². The third-order valence-corrected chi connectivity index (χ3v) is 2.68. The van der Waals surface area contributed by atoms with Gasteiger partial charge in [0.05, 0.1) is 0 Å². The number of hydrogen-bond acceptors (Lipinski definition) is 2. The Morgan fingerprint density at radius 2 is 1.82 bits per heavy atom. The van der Waals surface area contributed by atoms with Gasteiger partial charge in [0.25, 0.3) is 0 Å². The summed E-state index contributed by atoms with van der Waals surface area (Å²) < 4.78 is 18.3. The van der Waals surface area contributed by atoms with Gasteiger partial charge in [-0.2, -0.15) is 0 Å². The molecule has 0 fully saturated rings. The summed E-state index contributed by atoms with van der Waals surface area (Å²) in [6, 6.07) is 11.2. The molecule has 0 aliphatic rings. The van der Waals surface area contributed by atoms with E-state index in [-0.39, 0.29) is 5.82 Å². The van der Waals surface area contributed by atoms with Gasteiger partial charge in [0.1, 0.15) is 11.3 Å². The molecule has 0 atom stereocenters. The molecule has 0 radical (unpaired) electrons. The second-order valence-corrected chi connectivity index (χ2v) is 4.07. The lowest BCUT2D eigenvalue weighted by atomic mass is 10.2. The SMILES string of the molecule is Fc1ccc(-c2nc3cc(Cl)ccc3o2)cc1. The van der Waals surface area contributed by atoms with E-state index in [2.05, 4.69) is 4.98 Å². The molecule has 2 aromatic carbocycles. The van der Waals surface area contributed by atoms with Crippen molar-refractivity contribution in [3.63, 3.8) is 0 Å². The molecule has 0 spiro atoms. The fraction of sp³-hybridized carbons (Fsp3) is 0. The van der Waals surface area contributed by atoms with Gasteiger partial charge in [-0.15, -0.1) is 0 Å². The summed E-state index contributed by atoms with van der Waals surface area (Å²) in [7, 11) is 0. The van der Waals surface area contributed by atoms with Crippen LogP contribution in [0.5, 0.6) is 0 Å². The zero-order valence-electron chi connectivity index (χ0n) is 8.65. The minimum atomic E-state index is -0.284. The first-order valence-corrected chi connectivity index (χ1v) is 5.42. The van der Waals surface area contributed by atoms with E-state index in [1.54, 1.807) is 30.3 Å². The molecule has 0 aliphatic carbocycles. The molecule has 4 heteroatoms. The molecule has 0 saturated heterocycles. The van der Waals surface area contributed by atoms with Gasteiger partial charge in [-0.25, -0.2) is 9.37 Å². The van der Waals surface area contributed by atoms with Crippen LogP contribution in [0.1, 0.15) is 0 Å². The van der Waals surface area contributed by atoms with Gasteiger partial charge in [-0.05, 0) is 42.5 Å². The van der Waals surface area contributed by atoms with E-state index in [1.165, 1.54) is 12.1 Å². The minimum absolute atomic E-state index is 0.284. The molecule has 84 valence electrons. The highest BCUT2D eigenvalue weighted by atomic mass is 35.5. The fourth-order valence-corrected chi connectivity index (χ4v) is 1.78. The van der Waals surface area contributed by atoms with Crippen LogP contribution >= 0.6 is 11.6 Å². The van der Waals surface area contributed by atoms with Crippen molar-refractivity contribution in [3.8, 4) is 11.5 Å². The molecule has 0 aliphatic heterocycles. The number of nitrogens with zero attached hydrogens (tertiary/aromatic N) is 1. The van der Waals surface area contributed by atoms with Gasteiger partial charge in [0, 0.05) is 10.6 Å². The molecule has 3 aromatic rings. The van der Waals surface area contributed by atoms with Crippen molar-refractivity contribution in [2.45, 2.75) is 0 Å². The Bertz CT molecular complexity index is 675. The molecule has 0 saturated carbocycles. The van der Waals surface area contributed by atoms with E-state index >= 15 is 0 Å². The van der Waals surface area contributed by atoms with Gasteiger partial charge in [0.15, 0.2) is 5.58 Å². The molecular formula is C13H7ClFNO. The normalized spacial score (nSPS) is 10.9. The Hall–Kier alpha value is -1.87. The Kier molecular flexibility index (Phi) is 2.34. The zero-order valence-corrected chi connectivity index (χ0v) is 9.41. The monoisotopic (exact) mass is 247 g/mol. The van der Waals surface area contributed by atoms with Crippen molar-refractivity contribution in [2.24, 2.45) is 0 Å². The molecule has 1 aromatic heterocycles. The third kappa shape index (κ3) is 1.89. The first kappa shape index (κ1) is 10.3. The van der Waals surface area contributed by atoms with Crippen LogP contribution < -0.4 is 0 Å². The Morgan fingerprint density at radius 1 is 1.06 bits per heavy atom. The Labute approximate surface area is 102 Å². The topological polar surface area (TPSA) is 26.0 Å². The molecule has 1 heterocycles. The van der Waals surface area contributed by atoms with Crippen LogP contribution in [0, 0.1) is 5.82 Å². The van der Waals surface area contributed by atoms with Gasteiger partial charge in [-0.1, -0.05) is 11.6 Å². The van der Waals surface area contributed by atoms with E-state index in [0.29, 0.717) is 22.0 Å². The largest absolute Gasteiger partial charge is 0.436 e. The third-order valence-electron chi connectivity index (χ3n) is 2.44. The van der Waals surface area contributed by atoms with Crippen LogP contribution in [0.25, 0.3) is 22.6 Å². The standard InChI is InChI=1S/C13H7ClFNO/c14-9-3-6-12-11(7-9)16-13(17-12)8-1-4-10(15)5-2-8/h1-7H. The van der Waals surface area contributed by atoms with E-state index in [1.807, 2.05) is 0 Å². The summed E-state index contributed by atoms with van der Waals surface area (Å²) in [5, 5.41) is 0.608. The lowest BCUT2D eigenvalue weighted by Crippen LogP contribution is -1.77. The highest BCUT2D eigenvalue weighted by Gasteiger charge is 2.08. The number of hydrogen-bond donors (Lipinski definition) is 0. The number of fused-ring (bicyclic) bond motifs is 1. The number of halogens is 2. The second kappa shape index (κ2) is 3.86. The first-order chi connectivity index (χ1) is 8.22. The Morgan fingerprint density at radius 3 is 2.59 bits per heavy atom. The van der Waals surface area contributed by atoms with Gasteiger partial charge in [0.2, 0.25) is 5.89 Å². The minimum Gasteiger partial charge on any atom is -0.436 e. The average Bonchev–Trinajstić information content (AvgIpc) is 2.72. The second-order valence-electron chi connectivity index (χ2n) is 3.64. The maximum absolute atomic E-state index is 12.8. The van der Waals surface area contributed by atoms with Crippen molar-refractivity contribution in [3.05, 3.63) is 53.3 Å². The highest BCUT2D eigenvalue weighted by molar-refractivity contribution is 6.31. The molecular weight excluding hydrogens is 241 g/mol. The fourth-order valence-electron chi connectivity index (χ4n) is 1.62. The molecule has 3 rings (SSSR count). The van der Waals surface area contributed by atoms with Crippen molar-refractivity contribution < 1.29 is 8.81 Å². The van der Waals surface area contributed by atoms with Crippen molar-refractivity contribution in [1.82, 2.24) is 4.98 Å². The maximum Gasteiger partial charge on any atom is 0.227 e. The highest BCUT2D eigenvalue weighted by Crippen LogP contribution is 2.26. The van der Waals surface area contributed by atoms with Gasteiger partial charge >= 0.3 is 0 Å². The Balaban J connectivity index is 2.14. The van der Waals surface area contributed by atoms with Crippen molar-refractivity contribution >= 4 is 22.7 Å². The average molecular weight is 248 g/mol. The quantitative estimate of drug-likeness (QED) is 0.641. The molecule has 17 heavy (non-hydrogen) atoms. The van der Waals surface area contributed by atoms with E-state index < -0.39 is 0 Å². The predicted octanol–water partition coefficient (Wildman–Crippen LogP) is 4.29. The summed E-state index contributed by atoms with van der Waals surface area (Å²) in [4.78, 5) is 4.30. The summed E-state index contributed by atoms with van der Waals surface area (Å²) in [6.07, 6.45) is 0. The summed E-state index contributed by atoms with van der Waals surface area (Å²) in [5.74, 6) is 0.176. The van der Waals surface area contributed by atoms with Crippen LogP contribution in [-0.4, -0.2) is 4.98 Å². The smallest absolute Gasteiger partial charge is 0.227 e. The molecule has 0 unspecified atom stereocenters. The zero-order chi connectivity index (χ0) is 11.8. The predicted molar refractivity (Wildman–Crippen MR) is 64.4 cm³/mol. The molecule has 0 N–H and O–H groups in total. The summed E-state index contributed by atoms with van der Waals surface area (Å²) >= 11 is 5.86. The summed E-state index contributed by atoms with van der Waals surface area (Å²) in [6.45, 7) is 0. The molecule has 0 bridgehead atoms.